The summed E-state index contributed by atoms with van der Waals surface area (Å²) in [5.74, 6) is 1.65. The fourth-order valence-corrected chi connectivity index (χ4v) is 1.37. The molecule has 0 aliphatic rings. The number of nitrogens with zero attached hydrogens (tertiary/aromatic N) is 4. The Balaban J connectivity index is 3.23. The van der Waals surface area contributed by atoms with Crippen LogP contribution in [0.2, 0.25) is 0 Å². The first kappa shape index (κ1) is 14.7. The molecule has 1 aromatic heterocycles. The summed E-state index contributed by atoms with van der Waals surface area (Å²) < 4.78 is 0. The minimum Gasteiger partial charge on any atom is -0.368 e. The van der Waals surface area contributed by atoms with Gasteiger partial charge in [-0.15, -0.1) is 0 Å². The number of anilines is 2. The van der Waals surface area contributed by atoms with E-state index in [1.807, 2.05) is 7.05 Å². The van der Waals surface area contributed by atoms with E-state index in [9.17, 15) is 0 Å². The van der Waals surface area contributed by atoms with Gasteiger partial charge in [-0.1, -0.05) is 27.7 Å². The molecule has 0 bridgehead atoms. The molecule has 0 fully saturated rings. The predicted molar refractivity (Wildman–Crippen MR) is 75.7 cm³/mol. The minimum absolute atomic E-state index is 0.0110. The van der Waals surface area contributed by atoms with Gasteiger partial charge in [-0.25, -0.2) is 0 Å². The summed E-state index contributed by atoms with van der Waals surface area (Å²) in [5, 5.41) is 0. The van der Waals surface area contributed by atoms with Gasteiger partial charge < -0.3 is 10.6 Å². The molecule has 1 aromatic rings. The van der Waals surface area contributed by atoms with Gasteiger partial charge in [-0.2, -0.15) is 15.0 Å². The standard InChI is InChI=1S/C13H25N5/c1-8-13(5,6)18(7)11-16-9(12(2,3)4)15-10(14)17-11/h8H2,1-7H3,(H2,14,15,16,17). The van der Waals surface area contributed by atoms with Gasteiger partial charge in [0.1, 0.15) is 5.82 Å². The summed E-state index contributed by atoms with van der Waals surface area (Å²) >= 11 is 0. The van der Waals surface area contributed by atoms with Crippen LogP contribution < -0.4 is 10.6 Å². The van der Waals surface area contributed by atoms with Crippen molar-refractivity contribution in [3.63, 3.8) is 0 Å². The molecule has 0 amide bonds. The molecule has 0 spiro atoms. The highest BCUT2D eigenvalue weighted by Crippen LogP contribution is 2.25. The number of hydrogen-bond donors (Lipinski definition) is 1. The Morgan fingerprint density at radius 1 is 1.06 bits per heavy atom. The first-order valence-electron chi connectivity index (χ1n) is 6.34. The number of nitrogen functional groups attached to an aromatic ring is 1. The molecule has 0 aliphatic heterocycles. The van der Waals surface area contributed by atoms with E-state index in [0.717, 1.165) is 12.2 Å². The normalized spacial score (nSPS) is 12.6. The number of nitrogens with two attached hydrogens (primary N) is 1. The van der Waals surface area contributed by atoms with Crippen molar-refractivity contribution in [1.82, 2.24) is 15.0 Å². The molecular weight excluding hydrogens is 226 g/mol. The maximum atomic E-state index is 5.79. The molecule has 0 atom stereocenters. The first-order valence-corrected chi connectivity index (χ1v) is 6.34. The zero-order valence-corrected chi connectivity index (χ0v) is 12.6. The molecule has 1 heterocycles. The van der Waals surface area contributed by atoms with Crippen molar-refractivity contribution in [2.45, 2.75) is 58.9 Å². The van der Waals surface area contributed by atoms with Crippen LogP contribution in [0.1, 0.15) is 53.8 Å². The summed E-state index contributed by atoms with van der Waals surface area (Å²) in [6, 6.07) is 0. The smallest absolute Gasteiger partial charge is 0.230 e. The largest absolute Gasteiger partial charge is 0.368 e. The molecule has 5 nitrogen and oxygen atoms in total. The quantitative estimate of drug-likeness (QED) is 0.893. The first-order chi connectivity index (χ1) is 8.08. The Labute approximate surface area is 110 Å². The molecule has 0 saturated heterocycles. The van der Waals surface area contributed by atoms with Crippen molar-refractivity contribution < 1.29 is 0 Å². The maximum absolute atomic E-state index is 5.79. The lowest BCUT2D eigenvalue weighted by molar-refractivity contribution is 0.458. The Kier molecular flexibility index (Phi) is 3.84. The van der Waals surface area contributed by atoms with E-state index in [2.05, 4.69) is 61.4 Å². The summed E-state index contributed by atoms with van der Waals surface area (Å²) in [5.41, 5.74) is 5.64. The molecule has 1 rings (SSSR count). The third kappa shape index (κ3) is 3.09. The fourth-order valence-electron chi connectivity index (χ4n) is 1.37. The Bertz CT molecular complexity index is 420. The third-order valence-corrected chi connectivity index (χ3v) is 3.38. The molecular formula is C13H25N5. The number of aromatic nitrogens is 3. The second kappa shape index (κ2) is 4.71. The van der Waals surface area contributed by atoms with Crippen molar-refractivity contribution in [2.24, 2.45) is 0 Å². The Morgan fingerprint density at radius 2 is 1.61 bits per heavy atom. The van der Waals surface area contributed by atoms with Gasteiger partial charge in [0.05, 0.1) is 0 Å². The monoisotopic (exact) mass is 251 g/mol. The summed E-state index contributed by atoms with van der Waals surface area (Å²) in [4.78, 5) is 15.1. The molecule has 0 aromatic carbocycles. The maximum Gasteiger partial charge on any atom is 0.230 e. The van der Waals surface area contributed by atoms with Crippen molar-refractivity contribution in [3.05, 3.63) is 5.82 Å². The fraction of sp³-hybridized carbons (Fsp3) is 0.769. The highest BCUT2D eigenvalue weighted by Gasteiger charge is 2.26. The van der Waals surface area contributed by atoms with Gasteiger partial charge >= 0.3 is 0 Å². The molecule has 5 heteroatoms. The van der Waals surface area contributed by atoms with Crippen LogP contribution >= 0.6 is 0 Å². The second-order valence-corrected chi connectivity index (χ2v) is 6.29. The van der Waals surface area contributed by atoms with Crippen LogP contribution in [0.25, 0.3) is 0 Å². The average molecular weight is 251 g/mol. The molecule has 0 aliphatic carbocycles. The van der Waals surface area contributed by atoms with Gasteiger partial charge in [-0.3, -0.25) is 0 Å². The molecule has 102 valence electrons. The lowest BCUT2D eigenvalue weighted by Crippen LogP contribution is -2.42. The highest BCUT2D eigenvalue weighted by molar-refractivity contribution is 5.37. The van der Waals surface area contributed by atoms with Crippen molar-refractivity contribution in [3.8, 4) is 0 Å². The average Bonchev–Trinajstić information content (AvgIpc) is 2.26. The zero-order valence-electron chi connectivity index (χ0n) is 12.6. The van der Waals surface area contributed by atoms with E-state index in [1.165, 1.54) is 0 Å². The Hall–Kier alpha value is -1.39. The van der Waals surface area contributed by atoms with E-state index < -0.39 is 0 Å². The van der Waals surface area contributed by atoms with Crippen LogP contribution in [0.4, 0.5) is 11.9 Å². The lowest BCUT2D eigenvalue weighted by Gasteiger charge is -2.35. The van der Waals surface area contributed by atoms with Gasteiger partial charge in [0, 0.05) is 18.0 Å². The number of rotatable bonds is 3. The summed E-state index contributed by atoms with van der Waals surface area (Å²) in [7, 11) is 1.99. The van der Waals surface area contributed by atoms with Crippen LogP contribution in [-0.4, -0.2) is 27.5 Å². The van der Waals surface area contributed by atoms with Crippen LogP contribution in [0.5, 0.6) is 0 Å². The number of hydrogen-bond acceptors (Lipinski definition) is 5. The third-order valence-electron chi connectivity index (χ3n) is 3.38. The van der Waals surface area contributed by atoms with E-state index in [1.54, 1.807) is 0 Å². The van der Waals surface area contributed by atoms with Gasteiger partial charge in [-0.05, 0) is 20.3 Å². The van der Waals surface area contributed by atoms with E-state index in [0.29, 0.717) is 5.95 Å². The molecule has 2 N–H and O–H groups in total. The van der Waals surface area contributed by atoms with Crippen LogP contribution in [0.15, 0.2) is 0 Å². The molecule has 0 unspecified atom stereocenters. The van der Waals surface area contributed by atoms with Gasteiger partial charge in [0.15, 0.2) is 0 Å². The summed E-state index contributed by atoms with van der Waals surface area (Å²) in [6.45, 7) is 12.7. The summed E-state index contributed by atoms with van der Waals surface area (Å²) in [6.07, 6.45) is 1.000. The Morgan fingerprint density at radius 3 is 2.06 bits per heavy atom. The second-order valence-electron chi connectivity index (χ2n) is 6.29. The van der Waals surface area contributed by atoms with Gasteiger partial charge in [0.2, 0.25) is 11.9 Å². The molecule has 18 heavy (non-hydrogen) atoms. The van der Waals surface area contributed by atoms with Crippen molar-refractivity contribution in [2.75, 3.05) is 17.7 Å². The molecule has 0 radical (unpaired) electrons. The topological polar surface area (TPSA) is 67.9 Å². The van der Waals surface area contributed by atoms with Crippen LogP contribution in [0, 0.1) is 0 Å². The van der Waals surface area contributed by atoms with E-state index >= 15 is 0 Å². The molecule has 0 saturated carbocycles. The SMILES string of the molecule is CCC(C)(C)N(C)c1nc(N)nc(C(C)(C)C)n1. The predicted octanol–water partition coefficient (Wildman–Crippen LogP) is 2.38. The van der Waals surface area contributed by atoms with Crippen molar-refractivity contribution >= 4 is 11.9 Å². The highest BCUT2D eigenvalue weighted by atomic mass is 15.3. The van der Waals surface area contributed by atoms with Crippen molar-refractivity contribution in [1.29, 1.82) is 0 Å². The zero-order chi connectivity index (χ0) is 14.1. The van der Waals surface area contributed by atoms with E-state index in [4.69, 9.17) is 5.73 Å². The van der Waals surface area contributed by atoms with Crippen LogP contribution in [0.3, 0.4) is 0 Å². The minimum atomic E-state index is -0.136. The van der Waals surface area contributed by atoms with Gasteiger partial charge in [0.25, 0.3) is 0 Å². The van der Waals surface area contributed by atoms with E-state index in [-0.39, 0.29) is 16.9 Å². The lowest BCUT2D eigenvalue weighted by atomic mass is 9.96. The van der Waals surface area contributed by atoms with Crippen LogP contribution in [-0.2, 0) is 5.41 Å².